The number of hydrogen-bond acceptors (Lipinski definition) is 5. The van der Waals surface area contributed by atoms with Crippen molar-refractivity contribution in [2.75, 3.05) is 5.32 Å². The highest BCUT2D eigenvalue weighted by atomic mass is 35.5. The fourth-order valence-corrected chi connectivity index (χ4v) is 2.57. The Morgan fingerprint density at radius 2 is 1.75 bits per heavy atom. The van der Waals surface area contributed by atoms with E-state index in [-0.39, 0.29) is 11.4 Å². The molecule has 1 N–H and O–H groups in total. The molecule has 0 aliphatic rings. The predicted octanol–water partition coefficient (Wildman–Crippen LogP) is 6.09. The van der Waals surface area contributed by atoms with Gasteiger partial charge in [0.25, 0.3) is 5.91 Å². The van der Waals surface area contributed by atoms with Crippen LogP contribution in [0, 0.1) is 0 Å². The summed E-state index contributed by atoms with van der Waals surface area (Å²) in [4.78, 5) is 19.6. The SMILES string of the molecule is O=C(Nc1cccnc1)c1cnc(C(F)(F)F)cc1Oc1ccc(OC(F)(F)F)cc1Cl. The molecule has 0 fully saturated rings. The first kappa shape index (κ1) is 23.1. The minimum Gasteiger partial charge on any atom is -0.455 e. The van der Waals surface area contributed by atoms with Crippen LogP contribution in [-0.2, 0) is 6.18 Å². The number of nitrogens with zero attached hydrogens (tertiary/aromatic N) is 2. The van der Waals surface area contributed by atoms with Crippen molar-refractivity contribution in [3.05, 3.63) is 71.3 Å². The van der Waals surface area contributed by atoms with Crippen LogP contribution >= 0.6 is 11.6 Å². The lowest BCUT2D eigenvalue weighted by molar-refractivity contribution is -0.274. The van der Waals surface area contributed by atoms with E-state index >= 15 is 0 Å². The molecule has 2 heterocycles. The van der Waals surface area contributed by atoms with Crippen molar-refractivity contribution < 1.29 is 40.6 Å². The molecule has 6 nitrogen and oxygen atoms in total. The van der Waals surface area contributed by atoms with Crippen LogP contribution in [0.15, 0.2) is 55.0 Å². The number of benzene rings is 1. The summed E-state index contributed by atoms with van der Waals surface area (Å²) in [6.07, 6.45) is -6.44. The van der Waals surface area contributed by atoms with Crippen LogP contribution in [-0.4, -0.2) is 22.2 Å². The Morgan fingerprint density at radius 1 is 1.00 bits per heavy atom. The Hall–Kier alpha value is -3.54. The van der Waals surface area contributed by atoms with Gasteiger partial charge in [-0.05, 0) is 24.3 Å². The van der Waals surface area contributed by atoms with Gasteiger partial charge in [-0.2, -0.15) is 13.2 Å². The first-order valence-corrected chi connectivity index (χ1v) is 8.82. The van der Waals surface area contributed by atoms with E-state index in [1.165, 1.54) is 24.5 Å². The molecule has 0 atom stereocenters. The Kier molecular flexibility index (Phi) is 6.44. The van der Waals surface area contributed by atoms with Gasteiger partial charge in [0.15, 0.2) is 0 Å². The quantitative estimate of drug-likeness (QED) is 0.450. The average molecular weight is 478 g/mol. The number of amides is 1. The number of carbonyl (C=O) groups excluding carboxylic acids is 1. The number of alkyl halides is 6. The monoisotopic (exact) mass is 477 g/mol. The molecule has 1 amide bonds. The van der Waals surface area contributed by atoms with E-state index in [0.29, 0.717) is 12.3 Å². The van der Waals surface area contributed by atoms with Gasteiger partial charge in [-0.15, -0.1) is 13.2 Å². The summed E-state index contributed by atoms with van der Waals surface area (Å²) < 4.78 is 85.4. The molecule has 1 aromatic carbocycles. The van der Waals surface area contributed by atoms with E-state index in [1.807, 2.05) is 0 Å². The van der Waals surface area contributed by atoms with Crippen molar-refractivity contribution in [1.82, 2.24) is 9.97 Å². The van der Waals surface area contributed by atoms with Crippen molar-refractivity contribution in [2.45, 2.75) is 12.5 Å². The van der Waals surface area contributed by atoms with Gasteiger partial charge in [0.05, 0.1) is 16.9 Å². The van der Waals surface area contributed by atoms with Gasteiger partial charge in [0, 0.05) is 24.5 Å². The predicted molar refractivity (Wildman–Crippen MR) is 99.6 cm³/mol. The van der Waals surface area contributed by atoms with Gasteiger partial charge >= 0.3 is 12.5 Å². The minimum atomic E-state index is -4.98. The zero-order valence-electron chi connectivity index (χ0n) is 15.5. The Labute approximate surface area is 180 Å². The van der Waals surface area contributed by atoms with Crippen molar-refractivity contribution in [2.24, 2.45) is 0 Å². The Morgan fingerprint density at radius 3 is 2.34 bits per heavy atom. The molecule has 3 aromatic rings. The first-order valence-electron chi connectivity index (χ1n) is 8.44. The first-order chi connectivity index (χ1) is 14.9. The maximum absolute atomic E-state index is 13.1. The lowest BCUT2D eigenvalue weighted by Gasteiger charge is -2.15. The molecule has 13 heteroatoms. The molecule has 0 unspecified atom stereocenters. The van der Waals surface area contributed by atoms with E-state index in [9.17, 15) is 31.1 Å². The second-order valence-corrected chi connectivity index (χ2v) is 6.41. The van der Waals surface area contributed by atoms with Crippen molar-refractivity contribution >= 4 is 23.2 Å². The summed E-state index contributed by atoms with van der Waals surface area (Å²) in [6.45, 7) is 0. The summed E-state index contributed by atoms with van der Waals surface area (Å²) in [7, 11) is 0. The van der Waals surface area contributed by atoms with Gasteiger partial charge in [0.2, 0.25) is 0 Å². The molecule has 3 rings (SSSR count). The van der Waals surface area contributed by atoms with Crippen LogP contribution in [0.3, 0.4) is 0 Å². The molecule has 32 heavy (non-hydrogen) atoms. The highest BCUT2D eigenvalue weighted by Gasteiger charge is 2.34. The fourth-order valence-electron chi connectivity index (χ4n) is 2.36. The van der Waals surface area contributed by atoms with Crippen LogP contribution in [0.5, 0.6) is 17.2 Å². The van der Waals surface area contributed by atoms with Crippen LogP contribution in [0.1, 0.15) is 16.1 Å². The molecular formula is C19H10ClF6N3O3. The standard InChI is InChI=1S/C19H10ClF6N3O3/c20-13-6-11(32-19(24,25)26)3-4-14(13)31-15-7-16(18(21,22)23)28-9-12(15)17(30)29-10-2-1-5-27-8-10/h1-9H,(H,29,30). The molecular weight excluding hydrogens is 468 g/mol. The normalized spacial score (nSPS) is 11.7. The van der Waals surface area contributed by atoms with Gasteiger partial charge < -0.3 is 14.8 Å². The van der Waals surface area contributed by atoms with Crippen molar-refractivity contribution in [3.8, 4) is 17.2 Å². The van der Waals surface area contributed by atoms with Crippen LogP contribution in [0.2, 0.25) is 5.02 Å². The van der Waals surface area contributed by atoms with Crippen molar-refractivity contribution in [1.29, 1.82) is 0 Å². The van der Waals surface area contributed by atoms with Crippen LogP contribution < -0.4 is 14.8 Å². The summed E-state index contributed by atoms with van der Waals surface area (Å²) >= 11 is 5.88. The van der Waals surface area contributed by atoms with E-state index in [0.717, 1.165) is 18.2 Å². The number of halogens is 7. The van der Waals surface area contributed by atoms with Crippen molar-refractivity contribution in [3.63, 3.8) is 0 Å². The molecule has 0 aliphatic carbocycles. The number of rotatable bonds is 5. The summed E-state index contributed by atoms with van der Waals surface area (Å²) in [5, 5.41) is 2.00. The third kappa shape index (κ3) is 6.00. The van der Waals surface area contributed by atoms with Gasteiger partial charge in [0.1, 0.15) is 28.5 Å². The maximum atomic E-state index is 13.1. The molecule has 0 spiro atoms. The molecule has 0 saturated carbocycles. The largest absolute Gasteiger partial charge is 0.573 e. The number of aromatic nitrogens is 2. The number of pyridine rings is 2. The molecule has 168 valence electrons. The molecule has 0 radical (unpaired) electrons. The zero-order chi connectivity index (χ0) is 23.5. The molecule has 2 aromatic heterocycles. The smallest absolute Gasteiger partial charge is 0.455 e. The van der Waals surface area contributed by atoms with Gasteiger partial charge in [-0.25, -0.2) is 0 Å². The lowest BCUT2D eigenvalue weighted by Crippen LogP contribution is -2.17. The fraction of sp³-hybridized carbons (Fsp3) is 0.105. The Balaban J connectivity index is 1.95. The second-order valence-electron chi connectivity index (χ2n) is 6.00. The third-order valence-corrected chi connectivity index (χ3v) is 3.97. The van der Waals surface area contributed by atoms with E-state index in [2.05, 4.69) is 20.0 Å². The molecule has 0 saturated heterocycles. The highest BCUT2D eigenvalue weighted by molar-refractivity contribution is 6.32. The lowest BCUT2D eigenvalue weighted by atomic mass is 10.2. The minimum absolute atomic E-state index is 0.245. The van der Waals surface area contributed by atoms with Crippen LogP contribution in [0.25, 0.3) is 0 Å². The average Bonchev–Trinajstić information content (AvgIpc) is 2.69. The summed E-state index contributed by atoms with van der Waals surface area (Å²) in [5.74, 6) is -2.45. The summed E-state index contributed by atoms with van der Waals surface area (Å²) in [5.41, 5.74) is -1.51. The topological polar surface area (TPSA) is 73.3 Å². The number of nitrogens with one attached hydrogen (secondary N) is 1. The number of hydrogen-bond donors (Lipinski definition) is 1. The van der Waals surface area contributed by atoms with E-state index < -0.39 is 46.2 Å². The number of ether oxygens (including phenoxy) is 2. The van der Waals surface area contributed by atoms with Gasteiger partial charge in [-0.3, -0.25) is 14.8 Å². The molecule has 0 aliphatic heterocycles. The van der Waals surface area contributed by atoms with E-state index in [4.69, 9.17) is 16.3 Å². The maximum Gasteiger partial charge on any atom is 0.573 e. The Bertz CT molecular complexity index is 1120. The second kappa shape index (κ2) is 8.91. The van der Waals surface area contributed by atoms with E-state index in [1.54, 1.807) is 0 Å². The number of carbonyl (C=O) groups is 1. The summed E-state index contributed by atoms with van der Waals surface area (Å²) in [6, 6.07) is 6.01. The van der Waals surface area contributed by atoms with Gasteiger partial charge in [-0.1, -0.05) is 11.6 Å². The zero-order valence-corrected chi connectivity index (χ0v) is 16.2. The number of anilines is 1. The third-order valence-electron chi connectivity index (χ3n) is 3.68. The molecule has 0 bridgehead atoms. The highest BCUT2D eigenvalue weighted by Crippen LogP contribution is 2.37. The van der Waals surface area contributed by atoms with Crippen LogP contribution in [0.4, 0.5) is 32.0 Å².